The molecular weight excluding hydrogens is 662 g/mol. The lowest BCUT2D eigenvalue weighted by atomic mass is 9.94. The lowest BCUT2D eigenvalue weighted by Gasteiger charge is -2.35. The second-order valence-corrected chi connectivity index (χ2v) is 14.6. The highest BCUT2D eigenvalue weighted by Gasteiger charge is 2.35. The standard InChI is InChI=1S/C37H40BrN3O4S/c1-28-20-22-34(23-21-28)46(44,45)41(33-18-9-4-10-19-33)27-36(42)40(26-30-14-11-15-31(38)24-30)35(25-29-12-5-2-6-13-29)37(43)39-32-16-7-3-8-17-32/h2,4-6,9-15,18-24,32,35H,3,7-8,16-17,25-27H2,1H3,(H,39,43)/t35-/m1/s1. The summed E-state index contributed by atoms with van der Waals surface area (Å²) in [6.07, 6.45) is 5.35. The van der Waals surface area contributed by atoms with Crippen molar-refractivity contribution in [3.63, 3.8) is 0 Å². The maximum atomic E-state index is 14.6. The molecule has 0 saturated heterocycles. The highest BCUT2D eigenvalue weighted by Crippen LogP contribution is 2.26. The van der Waals surface area contributed by atoms with Gasteiger partial charge in [0.1, 0.15) is 12.6 Å². The molecule has 0 bridgehead atoms. The molecule has 240 valence electrons. The Kier molecular flexibility index (Phi) is 11.3. The predicted molar refractivity (Wildman–Crippen MR) is 186 cm³/mol. The van der Waals surface area contributed by atoms with Gasteiger partial charge >= 0.3 is 0 Å². The number of hydrogen-bond donors (Lipinski definition) is 1. The van der Waals surface area contributed by atoms with Crippen LogP contribution in [-0.4, -0.2) is 43.8 Å². The number of carbonyl (C=O) groups is 2. The van der Waals surface area contributed by atoms with E-state index in [1.54, 1.807) is 59.5 Å². The van der Waals surface area contributed by atoms with Crippen LogP contribution in [0.4, 0.5) is 5.69 Å². The molecule has 1 fully saturated rings. The summed E-state index contributed by atoms with van der Waals surface area (Å²) in [6, 6.07) is 31.6. The largest absolute Gasteiger partial charge is 0.352 e. The van der Waals surface area contributed by atoms with Crippen molar-refractivity contribution in [3.8, 4) is 0 Å². The number of amides is 2. The van der Waals surface area contributed by atoms with Gasteiger partial charge in [-0.05, 0) is 67.3 Å². The summed E-state index contributed by atoms with van der Waals surface area (Å²) in [4.78, 5) is 30.4. The Bertz CT molecular complexity index is 1710. The van der Waals surface area contributed by atoms with Gasteiger partial charge in [0.2, 0.25) is 11.8 Å². The monoisotopic (exact) mass is 701 g/mol. The molecule has 46 heavy (non-hydrogen) atoms. The molecule has 0 spiro atoms. The number of rotatable bonds is 12. The highest BCUT2D eigenvalue weighted by molar-refractivity contribution is 9.10. The van der Waals surface area contributed by atoms with Gasteiger partial charge in [0.25, 0.3) is 10.0 Å². The second-order valence-electron chi connectivity index (χ2n) is 11.9. The van der Waals surface area contributed by atoms with Crippen molar-refractivity contribution in [2.45, 2.75) is 69.0 Å². The van der Waals surface area contributed by atoms with Crippen LogP contribution in [0.2, 0.25) is 0 Å². The van der Waals surface area contributed by atoms with Crippen LogP contribution in [0.25, 0.3) is 0 Å². The quantitative estimate of drug-likeness (QED) is 0.172. The minimum atomic E-state index is -4.13. The first-order valence-electron chi connectivity index (χ1n) is 15.7. The lowest BCUT2D eigenvalue weighted by molar-refractivity contribution is -0.140. The number of hydrogen-bond acceptors (Lipinski definition) is 4. The fourth-order valence-electron chi connectivity index (χ4n) is 5.89. The third-order valence-electron chi connectivity index (χ3n) is 8.40. The number of sulfonamides is 1. The number of nitrogens with zero attached hydrogens (tertiary/aromatic N) is 2. The first-order chi connectivity index (χ1) is 22.2. The van der Waals surface area contributed by atoms with Gasteiger partial charge in [-0.1, -0.05) is 114 Å². The van der Waals surface area contributed by atoms with E-state index >= 15 is 0 Å². The first kappa shape index (κ1) is 33.4. The van der Waals surface area contributed by atoms with Gasteiger partial charge in [0, 0.05) is 23.5 Å². The Balaban J connectivity index is 1.55. The Labute approximate surface area is 280 Å². The minimum Gasteiger partial charge on any atom is -0.352 e. The van der Waals surface area contributed by atoms with Gasteiger partial charge < -0.3 is 10.2 Å². The van der Waals surface area contributed by atoms with Crippen molar-refractivity contribution < 1.29 is 18.0 Å². The SMILES string of the molecule is Cc1ccc(S(=O)(=O)N(CC(=O)N(Cc2cccc(Br)c2)[C@H](Cc2ccccc2)C(=O)NC2CCCCC2)c2ccccc2)cc1. The number of aryl methyl sites for hydroxylation is 1. The summed E-state index contributed by atoms with van der Waals surface area (Å²) < 4.78 is 30.3. The topological polar surface area (TPSA) is 86.8 Å². The third-order valence-corrected chi connectivity index (χ3v) is 10.7. The Hall–Kier alpha value is -3.95. The van der Waals surface area contributed by atoms with E-state index in [0.29, 0.717) is 5.69 Å². The van der Waals surface area contributed by atoms with E-state index in [9.17, 15) is 18.0 Å². The van der Waals surface area contributed by atoms with Crippen LogP contribution in [0.5, 0.6) is 0 Å². The van der Waals surface area contributed by atoms with E-state index in [1.807, 2.05) is 61.5 Å². The Morgan fingerprint density at radius 1 is 0.826 bits per heavy atom. The van der Waals surface area contributed by atoms with Crippen LogP contribution in [0.15, 0.2) is 119 Å². The average molecular weight is 703 g/mol. The molecule has 5 rings (SSSR count). The summed E-state index contributed by atoms with van der Waals surface area (Å²) in [5.41, 5.74) is 3.02. The number of benzene rings is 4. The van der Waals surface area contributed by atoms with E-state index in [0.717, 1.165) is 57.6 Å². The fraction of sp³-hybridized carbons (Fsp3) is 0.297. The second kappa shape index (κ2) is 15.6. The van der Waals surface area contributed by atoms with Gasteiger partial charge in [-0.3, -0.25) is 13.9 Å². The molecule has 1 saturated carbocycles. The maximum Gasteiger partial charge on any atom is 0.264 e. The molecule has 2 amide bonds. The van der Waals surface area contributed by atoms with Crippen LogP contribution >= 0.6 is 15.9 Å². The summed E-state index contributed by atoms with van der Waals surface area (Å²) in [5, 5.41) is 3.24. The molecule has 9 heteroatoms. The van der Waals surface area contributed by atoms with Crippen molar-refractivity contribution >= 4 is 43.5 Å². The molecule has 4 aromatic rings. The van der Waals surface area contributed by atoms with E-state index in [4.69, 9.17) is 0 Å². The molecule has 0 aromatic heterocycles. The average Bonchev–Trinajstić information content (AvgIpc) is 3.06. The van der Waals surface area contributed by atoms with E-state index in [-0.39, 0.29) is 29.8 Å². The summed E-state index contributed by atoms with van der Waals surface area (Å²) in [5.74, 6) is -0.703. The molecule has 1 aliphatic carbocycles. The smallest absolute Gasteiger partial charge is 0.264 e. The summed E-state index contributed by atoms with van der Waals surface area (Å²) in [6.45, 7) is 1.54. The van der Waals surface area contributed by atoms with Crippen LogP contribution in [0, 0.1) is 6.92 Å². The zero-order chi connectivity index (χ0) is 32.5. The predicted octanol–water partition coefficient (Wildman–Crippen LogP) is 7.04. The van der Waals surface area contributed by atoms with Gasteiger partial charge in [0.05, 0.1) is 10.6 Å². The van der Waals surface area contributed by atoms with Gasteiger partial charge in [-0.15, -0.1) is 0 Å². The molecular formula is C37H40BrN3O4S. The van der Waals surface area contributed by atoms with Crippen LogP contribution < -0.4 is 9.62 Å². The number of carbonyl (C=O) groups excluding carboxylic acids is 2. The Morgan fingerprint density at radius 2 is 1.46 bits per heavy atom. The van der Waals surface area contributed by atoms with E-state index in [2.05, 4.69) is 21.2 Å². The molecule has 0 unspecified atom stereocenters. The van der Waals surface area contributed by atoms with Gasteiger partial charge in [0.15, 0.2) is 0 Å². The third kappa shape index (κ3) is 8.65. The summed E-state index contributed by atoms with van der Waals surface area (Å²) >= 11 is 3.53. The molecule has 0 heterocycles. The lowest BCUT2D eigenvalue weighted by Crippen LogP contribution is -2.55. The van der Waals surface area contributed by atoms with E-state index < -0.39 is 28.5 Å². The van der Waals surface area contributed by atoms with Crippen LogP contribution in [-0.2, 0) is 32.6 Å². The van der Waals surface area contributed by atoms with Crippen LogP contribution in [0.3, 0.4) is 0 Å². The Morgan fingerprint density at radius 3 is 2.11 bits per heavy atom. The van der Waals surface area contributed by atoms with Crippen molar-refractivity contribution in [2.75, 3.05) is 10.8 Å². The molecule has 0 aliphatic heterocycles. The number of anilines is 1. The molecule has 1 atom stereocenters. The fourth-order valence-corrected chi connectivity index (χ4v) is 7.75. The molecule has 1 N–H and O–H groups in total. The number of para-hydroxylation sites is 1. The van der Waals surface area contributed by atoms with Crippen molar-refractivity contribution in [1.29, 1.82) is 0 Å². The molecule has 1 aliphatic rings. The van der Waals surface area contributed by atoms with Gasteiger partial charge in [-0.2, -0.15) is 0 Å². The van der Waals surface area contributed by atoms with Crippen molar-refractivity contribution in [3.05, 3.63) is 130 Å². The molecule has 0 radical (unpaired) electrons. The number of halogens is 1. The highest BCUT2D eigenvalue weighted by atomic mass is 79.9. The summed E-state index contributed by atoms with van der Waals surface area (Å²) in [7, 11) is -4.13. The molecule has 4 aromatic carbocycles. The van der Waals surface area contributed by atoms with Crippen LogP contribution in [0.1, 0.15) is 48.8 Å². The van der Waals surface area contributed by atoms with E-state index in [1.165, 1.54) is 0 Å². The normalized spacial score (nSPS) is 14.3. The zero-order valence-electron chi connectivity index (χ0n) is 26.0. The first-order valence-corrected chi connectivity index (χ1v) is 18.0. The number of nitrogens with one attached hydrogen (secondary N) is 1. The van der Waals surface area contributed by atoms with Gasteiger partial charge in [-0.25, -0.2) is 8.42 Å². The minimum absolute atomic E-state index is 0.0464. The van der Waals surface area contributed by atoms with Crippen molar-refractivity contribution in [1.82, 2.24) is 10.2 Å². The maximum absolute atomic E-state index is 14.6. The molecule has 7 nitrogen and oxygen atoms in total. The van der Waals surface area contributed by atoms with Crippen molar-refractivity contribution in [2.24, 2.45) is 0 Å². The zero-order valence-corrected chi connectivity index (χ0v) is 28.4.